The van der Waals surface area contributed by atoms with Crippen LogP contribution in [0.4, 0.5) is 11.6 Å². The lowest BCUT2D eigenvalue weighted by Gasteiger charge is -2.42. The number of hydrogen-bond donors (Lipinski definition) is 1. The minimum Gasteiger partial charge on any atom is -0.487 e. The van der Waals surface area contributed by atoms with E-state index < -0.39 is 0 Å². The van der Waals surface area contributed by atoms with Gasteiger partial charge in [0.1, 0.15) is 36.5 Å². The smallest absolute Gasteiger partial charge is 0.257 e. The Bertz CT molecular complexity index is 1920. The van der Waals surface area contributed by atoms with E-state index in [9.17, 15) is 5.26 Å². The van der Waals surface area contributed by atoms with E-state index >= 15 is 0 Å². The van der Waals surface area contributed by atoms with Gasteiger partial charge in [-0.15, -0.1) is 21.5 Å². The van der Waals surface area contributed by atoms with E-state index in [4.69, 9.17) is 19.3 Å². The summed E-state index contributed by atoms with van der Waals surface area (Å²) in [6.07, 6.45) is 13.4. The van der Waals surface area contributed by atoms with Crippen LogP contribution in [-0.2, 0) is 17.9 Å². The summed E-state index contributed by atoms with van der Waals surface area (Å²) in [4.78, 5) is 17.2. The van der Waals surface area contributed by atoms with E-state index in [2.05, 4.69) is 60.6 Å². The van der Waals surface area contributed by atoms with Crippen LogP contribution in [0, 0.1) is 18.3 Å². The number of anilines is 2. The monoisotopic (exact) mass is 710 g/mol. The van der Waals surface area contributed by atoms with E-state index in [1.807, 2.05) is 43.1 Å². The number of ether oxygens (including phenoxy) is 3. The van der Waals surface area contributed by atoms with Crippen LogP contribution in [0.2, 0.25) is 0 Å². The van der Waals surface area contributed by atoms with Crippen LogP contribution in [0.1, 0.15) is 67.9 Å². The molecular weight excluding hydrogens is 669 g/mol. The highest BCUT2D eigenvalue weighted by Gasteiger charge is 2.32. The first kappa shape index (κ1) is 34.5. The predicted molar refractivity (Wildman–Crippen MR) is 190 cm³/mol. The molecule has 0 radical (unpaired) electrons. The van der Waals surface area contributed by atoms with E-state index in [1.54, 1.807) is 34.5 Å². The van der Waals surface area contributed by atoms with Crippen molar-refractivity contribution in [2.75, 3.05) is 18.4 Å². The molecule has 1 aliphatic heterocycles. The molecule has 0 bridgehead atoms. The van der Waals surface area contributed by atoms with Gasteiger partial charge in [0.2, 0.25) is 5.95 Å². The van der Waals surface area contributed by atoms with Crippen molar-refractivity contribution in [2.45, 2.75) is 96.9 Å². The number of aryl methyl sites for hydroxylation is 1. The lowest BCUT2D eigenvalue weighted by atomic mass is 9.89. The van der Waals surface area contributed by atoms with Gasteiger partial charge in [0.25, 0.3) is 5.88 Å². The first-order chi connectivity index (χ1) is 24.8. The Kier molecular flexibility index (Phi) is 10.5. The molecule has 7 rings (SSSR count). The molecule has 1 saturated carbocycles. The van der Waals surface area contributed by atoms with Crippen molar-refractivity contribution in [3.63, 3.8) is 0 Å². The molecule has 1 aliphatic carbocycles. The number of morpholine rings is 1. The first-order valence-electron chi connectivity index (χ1n) is 17.3. The zero-order valence-corrected chi connectivity index (χ0v) is 30.0. The van der Waals surface area contributed by atoms with Gasteiger partial charge in [-0.3, -0.25) is 9.58 Å². The highest BCUT2D eigenvalue weighted by Crippen LogP contribution is 2.36. The molecule has 16 heteroatoms. The van der Waals surface area contributed by atoms with Gasteiger partial charge in [-0.25, -0.2) is 19.6 Å². The average molecular weight is 711 g/mol. The number of nitrogens with one attached hydrogen (secondary N) is 1. The van der Waals surface area contributed by atoms with Crippen LogP contribution < -0.4 is 14.8 Å². The van der Waals surface area contributed by atoms with Gasteiger partial charge in [-0.2, -0.15) is 5.26 Å². The van der Waals surface area contributed by atoms with Crippen LogP contribution in [0.25, 0.3) is 11.1 Å². The normalized spacial score (nSPS) is 21.5. The summed E-state index contributed by atoms with van der Waals surface area (Å²) in [7, 11) is 0. The lowest BCUT2D eigenvalue weighted by molar-refractivity contribution is -0.0852. The third-order valence-corrected chi connectivity index (χ3v) is 10.1. The molecule has 0 spiro atoms. The first-order valence-corrected chi connectivity index (χ1v) is 18.1. The standard InChI is InChI=1S/C35H42N12O3S/c1-22-16-45(17-23(2)49-22)29-7-9-30(10-8-29)47-19-32(34(42-47)48-20-31-15-37-25(4)51-31)41-35-38-13-28(14-39-35)26-5-6-27(12-36)33(11-26)50-24(3)18-46-21-40-43-44-46/h5-6,11,13-15,19,21-24,29-30H,7-10,16-18,20H2,1-4H3,(H,38,39,41)/t22-,23+,24-,29?,30?/m0/s1. The van der Waals surface area contributed by atoms with Crippen molar-refractivity contribution in [2.24, 2.45) is 0 Å². The van der Waals surface area contributed by atoms with Crippen LogP contribution in [-0.4, -0.2) is 87.3 Å². The molecule has 266 valence electrons. The van der Waals surface area contributed by atoms with Crippen molar-refractivity contribution in [1.82, 2.24) is 49.8 Å². The van der Waals surface area contributed by atoms with Gasteiger partial charge in [-0.1, -0.05) is 6.07 Å². The fourth-order valence-corrected chi connectivity index (χ4v) is 7.61. The van der Waals surface area contributed by atoms with Crippen LogP contribution in [0.3, 0.4) is 0 Å². The summed E-state index contributed by atoms with van der Waals surface area (Å²) in [5.74, 6) is 1.37. The van der Waals surface area contributed by atoms with Crippen LogP contribution in [0.15, 0.2) is 49.3 Å². The van der Waals surface area contributed by atoms with Crippen molar-refractivity contribution in [3.8, 4) is 28.8 Å². The number of rotatable bonds is 12. The minimum atomic E-state index is -0.274. The van der Waals surface area contributed by atoms with Crippen molar-refractivity contribution in [1.29, 1.82) is 5.26 Å². The fraction of sp³-hybridized carbons (Fsp3) is 0.486. The second-order valence-corrected chi connectivity index (χ2v) is 14.7. The molecule has 2 fully saturated rings. The zero-order chi connectivity index (χ0) is 35.3. The molecule has 4 aromatic heterocycles. The molecule has 5 heterocycles. The summed E-state index contributed by atoms with van der Waals surface area (Å²) >= 11 is 1.61. The maximum absolute atomic E-state index is 9.69. The fourth-order valence-electron chi connectivity index (χ4n) is 6.91. The lowest BCUT2D eigenvalue weighted by Crippen LogP contribution is -2.51. The van der Waals surface area contributed by atoms with Gasteiger partial charge >= 0.3 is 0 Å². The Morgan fingerprint density at radius 2 is 1.80 bits per heavy atom. The SMILES string of the molecule is Cc1ncc(COc2nn(C3CCC(N4C[C@@H](C)O[C@@H](C)C4)CC3)cc2Nc2ncc(-c3ccc(C#N)c(O[C@@H](C)Cn4cnnn4)c3)cn2)s1. The van der Waals surface area contributed by atoms with E-state index in [-0.39, 0.29) is 24.4 Å². The largest absolute Gasteiger partial charge is 0.487 e. The van der Waals surface area contributed by atoms with Gasteiger partial charge in [0.05, 0.1) is 46.4 Å². The highest BCUT2D eigenvalue weighted by molar-refractivity contribution is 7.11. The summed E-state index contributed by atoms with van der Waals surface area (Å²) in [6, 6.07) is 8.46. The number of nitriles is 1. The van der Waals surface area contributed by atoms with Gasteiger partial charge < -0.3 is 19.5 Å². The molecule has 2 aliphatic rings. The van der Waals surface area contributed by atoms with Gasteiger partial charge in [-0.05, 0) is 81.5 Å². The van der Waals surface area contributed by atoms with Gasteiger partial charge in [0.15, 0.2) is 0 Å². The average Bonchev–Trinajstić information content (AvgIpc) is 3.89. The Morgan fingerprint density at radius 3 is 2.49 bits per heavy atom. The molecular formula is C35H42N12O3S. The highest BCUT2D eigenvalue weighted by atomic mass is 32.1. The van der Waals surface area contributed by atoms with E-state index in [0.29, 0.717) is 48.0 Å². The van der Waals surface area contributed by atoms with E-state index in [1.165, 1.54) is 6.33 Å². The molecule has 1 N–H and O–H groups in total. The third-order valence-electron chi connectivity index (χ3n) is 9.22. The molecule has 1 aromatic carbocycles. The molecule has 51 heavy (non-hydrogen) atoms. The summed E-state index contributed by atoms with van der Waals surface area (Å²) in [5, 5.41) is 30.2. The maximum Gasteiger partial charge on any atom is 0.257 e. The second kappa shape index (κ2) is 15.5. The summed E-state index contributed by atoms with van der Waals surface area (Å²) in [6.45, 7) is 11.0. The number of aromatic nitrogens is 9. The number of benzene rings is 1. The molecule has 15 nitrogen and oxygen atoms in total. The number of hydrogen-bond acceptors (Lipinski definition) is 14. The minimum absolute atomic E-state index is 0.267. The summed E-state index contributed by atoms with van der Waals surface area (Å²) < 4.78 is 22.0. The number of nitrogens with zero attached hydrogens (tertiary/aromatic N) is 11. The zero-order valence-electron chi connectivity index (χ0n) is 29.2. The third kappa shape index (κ3) is 8.50. The van der Waals surface area contributed by atoms with Crippen LogP contribution >= 0.6 is 11.3 Å². The Balaban J connectivity index is 1.05. The second-order valence-electron chi connectivity index (χ2n) is 13.3. The quantitative estimate of drug-likeness (QED) is 0.176. The van der Waals surface area contributed by atoms with Crippen molar-refractivity contribution >= 4 is 23.0 Å². The Labute approximate surface area is 300 Å². The number of thiazole rings is 1. The van der Waals surface area contributed by atoms with Crippen molar-refractivity contribution in [3.05, 3.63) is 64.8 Å². The molecule has 0 unspecified atom stereocenters. The topological polar surface area (TPSA) is 167 Å². The van der Waals surface area contributed by atoms with Crippen molar-refractivity contribution < 1.29 is 14.2 Å². The maximum atomic E-state index is 9.69. The predicted octanol–water partition coefficient (Wildman–Crippen LogP) is 5.35. The van der Waals surface area contributed by atoms with Crippen LogP contribution in [0.5, 0.6) is 11.6 Å². The molecule has 3 atom stereocenters. The van der Waals surface area contributed by atoms with E-state index in [0.717, 1.165) is 59.8 Å². The Hall–Kier alpha value is -4.98. The van der Waals surface area contributed by atoms with Gasteiger partial charge in [0, 0.05) is 43.3 Å². The number of tetrazole rings is 1. The molecule has 1 saturated heterocycles. The molecule has 0 amide bonds. The Morgan fingerprint density at radius 1 is 1.04 bits per heavy atom. The molecule has 5 aromatic rings. The summed E-state index contributed by atoms with van der Waals surface area (Å²) in [5.41, 5.74) is 2.72.